The molecule has 55 heavy (non-hydrogen) atoms. The van der Waals surface area contributed by atoms with Crippen molar-refractivity contribution in [3.63, 3.8) is 0 Å². The Balaban J connectivity index is 1.05. The summed E-state index contributed by atoms with van der Waals surface area (Å²) in [4.78, 5) is 6.57. The van der Waals surface area contributed by atoms with Gasteiger partial charge in [0.1, 0.15) is 16.1 Å². The molecule has 0 unspecified atom stereocenters. The lowest BCUT2D eigenvalue weighted by Crippen LogP contribution is -2.72. The van der Waals surface area contributed by atoms with Gasteiger partial charge in [-0.2, -0.15) is 4.98 Å². The second-order valence-electron chi connectivity index (χ2n) is 13.8. The molecule has 0 fully saturated rings. The molecule has 0 atom stereocenters. The van der Waals surface area contributed by atoms with E-state index in [1.54, 1.807) is 0 Å². The SMILES string of the molecule is c1ccc(-c2cccc(Cn3nc([NH2+]c4cccc5cccc(S[Si+]6c7ccccc7-c7ccccc76)c45)nc3-c3cccc(-c4ccccc4)c3)c2)cc1. The fourth-order valence-electron chi connectivity index (χ4n) is 7.74. The lowest BCUT2D eigenvalue weighted by Gasteiger charge is -2.09. The zero-order valence-corrected chi connectivity index (χ0v) is 31.8. The first-order valence-corrected chi connectivity index (χ1v) is 21.6. The topological polar surface area (TPSA) is 47.3 Å². The van der Waals surface area contributed by atoms with Gasteiger partial charge in [0.05, 0.1) is 28.0 Å². The number of hydrogen-bond acceptors (Lipinski definition) is 3. The van der Waals surface area contributed by atoms with Crippen molar-refractivity contribution in [3.05, 3.63) is 200 Å². The van der Waals surface area contributed by atoms with Crippen LogP contribution in [-0.4, -0.2) is 22.7 Å². The van der Waals surface area contributed by atoms with Crippen molar-refractivity contribution in [3.8, 4) is 44.8 Å². The lowest BCUT2D eigenvalue weighted by molar-refractivity contribution is -0.485. The van der Waals surface area contributed by atoms with E-state index in [0.717, 1.165) is 22.6 Å². The van der Waals surface area contributed by atoms with Crippen LogP contribution in [0.15, 0.2) is 199 Å². The summed E-state index contributed by atoms with van der Waals surface area (Å²) in [5.74, 6) is 1.53. The highest BCUT2D eigenvalue weighted by atomic mass is 32.4. The molecule has 9 aromatic rings. The third-order valence-corrected chi connectivity index (χ3v) is 15.5. The molecule has 2 N–H and O–H groups in total. The Hall–Kier alpha value is -6.31. The van der Waals surface area contributed by atoms with Crippen LogP contribution in [0.3, 0.4) is 0 Å². The molecule has 8 aromatic carbocycles. The van der Waals surface area contributed by atoms with Gasteiger partial charge in [0, 0.05) is 22.8 Å². The summed E-state index contributed by atoms with van der Waals surface area (Å²) in [7, 11) is -1.11. The Labute approximate surface area is 326 Å². The van der Waals surface area contributed by atoms with Crippen molar-refractivity contribution in [1.82, 2.24) is 14.8 Å². The van der Waals surface area contributed by atoms with Crippen LogP contribution in [0.25, 0.3) is 55.5 Å². The maximum absolute atomic E-state index is 5.28. The van der Waals surface area contributed by atoms with Crippen LogP contribution in [-0.2, 0) is 6.54 Å². The van der Waals surface area contributed by atoms with Crippen molar-refractivity contribution in [1.29, 1.82) is 0 Å². The Morgan fingerprint density at radius 1 is 0.509 bits per heavy atom. The highest BCUT2D eigenvalue weighted by molar-refractivity contribution is 8.28. The minimum absolute atomic E-state index is 0.591. The molecular weight excluding hydrogens is 705 g/mol. The average Bonchev–Trinajstić information content (AvgIpc) is 3.79. The first-order valence-electron chi connectivity index (χ1n) is 18.6. The minimum Gasteiger partial charge on any atom is -0.246 e. The summed E-state index contributed by atoms with van der Waals surface area (Å²) in [6.45, 7) is 0.591. The van der Waals surface area contributed by atoms with Gasteiger partial charge in [0.25, 0.3) is 0 Å². The number of nitrogens with zero attached hydrogens (tertiary/aromatic N) is 3. The normalized spacial score (nSPS) is 11.8. The van der Waals surface area contributed by atoms with E-state index in [0.29, 0.717) is 12.5 Å². The summed E-state index contributed by atoms with van der Waals surface area (Å²) < 4.78 is 2.07. The fraction of sp³-hybridized carbons (Fsp3) is 0.0204. The van der Waals surface area contributed by atoms with Gasteiger partial charge in [0.2, 0.25) is 0 Å². The molecule has 0 saturated heterocycles. The molecule has 0 spiro atoms. The van der Waals surface area contributed by atoms with Crippen LogP contribution in [0.5, 0.6) is 0 Å². The third-order valence-electron chi connectivity index (χ3n) is 10.3. The van der Waals surface area contributed by atoms with Gasteiger partial charge in [-0.15, -0.1) is 0 Å². The molecule has 260 valence electrons. The Kier molecular flexibility index (Phi) is 8.77. The van der Waals surface area contributed by atoms with E-state index in [2.05, 4.69) is 204 Å². The second kappa shape index (κ2) is 14.5. The lowest BCUT2D eigenvalue weighted by atomic mass is 10.0. The molecule has 0 radical (unpaired) electrons. The summed E-state index contributed by atoms with van der Waals surface area (Å²) in [6, 6.07) is 69.7. The van der Waals surface area contributed by atoms with E-state index in [-0.39, 0.29) is 0 Å². The zero-order chi connectivity index (χ0) is 36.6. The quantitative estimate of drug-likeness (QED) is 0.118. The van der Waals surface area contributed by atoms with E-state index < -0.39 is 7.95 Å². The molecule has 0 saturated carbocycles. The predicted molar refractivity (Wildman–Crippen MR) is 230 cm³/mol. The molecule has 0 amide bonds. The number of aromatic nitrogens is 3. The molecule has 0 aliphatic carbocycles. The molecule has 6 heteroatoms. The van der Waals surface area contributed by atoms with Crippen LogP contribution in [0.2, 0.25) is 0 Å². The van der Waals surface area contributed by atoms with E-state index in [9.17, 15) is 0 Å². The van der Waals surface area contributed by atoms with Gasteiger partial charge in [-0.1, -0.05) is 163 Å². The summed E-state index contributed by atoms with van der Waals surface area (Å²) >= 11 is 2.03. The number of quaternary nitrogens is 1. The third kappa shape index (κ3) is 6.51. The van der Waals surface area contributed by atoms with E-state index in [1.165, 1.54) is 59.4 Å². The molecular formula is C49H36N4SSi+2. The molecule has 1 aliphatic rings. The van der Waals surface area contributed by atoms with Crippen molar-refractivity contribution >= 4 is 51.9 Å². The van der Waals surface area contributed by atoms with Gasteiger partial charge >= 0.3 is 13.9 Å². The molecule has 2 heterocycles. The molecule has 10 rings (SSSR count). The summed E-state index contributed by atoms with van der Waals surface area (Å²) in [5, 5.41) is 12.8. The highest BCUT2D eigenvalue weighted by Crippen LogP contribution is 2.37. The maximum Gasteiger partial charge on any atom is 0.469 e. The van der Waals surface area contributed by atoms with Crippen molar-refractivity contribution in [2.24, 2.45) is 0 Å². The minimum atomic E-state index is -1.11. The number of fused-ring (bicyclic) bond motifs is 4. The smallest absolute Gasteiger partial charge is 0.246 e. The molecule has 4 nitrogen and oxygen atoms in total. The zero-order valence-electron chi connectivity index (χ0n) is 30.0. The van der Waals surface area contributed by atoms with Crippen LogP contribution in [0.4, 0.5) is 11.6 Å². The largest absolute Gasteiger partial charge is 0.469 e. The van der Waals surface area contributed by atoms with Gasteiger partial charge in [0.15, 0.2) is 5.82 Å². The highest BCUT2D eigenvalue weighted by Gasteiger charge is 2.46. The fourth-order valence-corrected chi connectivity index (χ4v) is 13.3. The predicted octanol–water partition coefficient (Wildman–Crippen LogP) is 9.89. The first kappa shape index (κ1) is 33.3. The van der Waals surface area contributed by atoms with Crippen molar-refractivity contribution < 1.29 is 5.32 Å². The number of nitrogens with two attached hydrogens (primary N) is 1. The first-order chi connectivity index (χ1) is 27.2. The summed E-state index contributed by atoms with van der Waals surface area (Å²) in [6.07, 6.45) is 0. The average molecular weight is 741 g/mol. The van der Waals surface area contributed by atoms with Crippen LogP contribution in [0, 0.1) is 0 Å². The molecule has 1 aliphatic heterocycles. The standard InChI is InChI=1S/C49H35N4SSi/c1-3-16-35(17-4-1)38-22-11-15-34(31-38)33-53-48(40-24-12-23-39(32-40)36-18-5-2-6-19-36)51-49(52-53)50-43-27-13-20-37-21-14-28-44(47(37)43)54-55-45-29-9-7-25-41(45)42-26-8-10-30-46(42)55/h1-32H,33H2,(H,50,52)/q+1/p+1. The van der Waals surface area contributed by atoms with Crippen LogP contribution >= 0.6 is 11.2 Å². The van der Waals surface area contributed by atoms with E-state index in [1.807, 2.05) is 11.2 Å². The molecule has 1 aromatic heterocycles. The van der Waals surface area contributed by atoms with Gasteiger partial charge in [-0.05, 0) is 63.5 Å². The number of hydrogen-bond donors (Lipinski definition) is 1. The number of benzene rings is 8. The van der Waals surface area contributed by atoms with Gasteiger partial charge in [-0.25, -0.2) is 10.00 Å². The van der Waals surface area contributed by atoms with Crippen molar-refractivity contribution in [2.75, 3.05) is 0 Å². The van der Waals surface area contributed by atoms with Gasteiger partial charge < -0.3 is 0 Å². The van der Waals surface area contributed by atoms with Crippen molar-refractivity contribution in [2.45, 2.75) is 11.4 Å². The van der Waals surface area contributed by atoms with Crippen LogP contribution in [0.1, 0.15) is 5.56 Å². The van der Waals surface area contributed by atoms with Crippen LogP contribution < -0.4 is 15.7 Å². The van der Waals surface area contributed by atoms with E-state index >= 15 is 0 Å². The number of rotatable bonds is 9. The van der Waals surface area contributed by atoms with Gasteiger partial charge in [-0.3, -0.25) is 0 Å². The Bertz CT molecular complexity index is 2770. The van der Waals surface area contributed by atoms with E-state index in [4.69, 9.17) is 10.1 Å². The monoisotopic (exact) mass is 740 g/mol. The molecule has 0 bridgehead atoms. The second-order valence-corrected chi connectivity index (χ2v) is 18.0. The summed E-state index contributed by atoms with van der Waals surface area (Å²) in [5.41, 5.74) is 10.8. The Morgan fingerprint density at radius 2 is 1.07 bits per heavy atom. The Morgan fingerprint density at radius 3 is 1.78 bits per heavy atom. The maximum atomic E-state index is 5.28.